The number of pyridine rings is 1. The van der Waals surface area contributed by atoms with E-state index in [0.29, 0.717) is 45.0 Å². The van der Waals surface area contributed by atoms with Gasteiger partial charge in [-0.2, -0.15) is 0 Å². The van der Waals surface area contributed by atoms with Crippen molar-refractivity contribution in [1.82, 2.24) is 4.98 Å². The molecule has 29 heavy (non-hydrogen) atoms. The van der Waals surface area contributed by atoms with Gasteiger partial charge >= 0.3 is 5.97 Å². The number of nitrogens with two attached hydrogens (primary N) is 1. The van der Waals surface area contributed by atoms with Crippen LogP contribution in [0, 0.1) is 0 Å². The lowest BCUT2D eigenvalue weighted by molar-refractivity contribution is 0.0528. The number of hydrogen-bond donors (Lipinski definition) is 1. The number of nitrogens with zero attached hydrogens (tertiary/aromatic N) is 1. The molecule has 0 amide bonds. The van der Waals surface area contributed by atoms with Crippen molar-refractivity contribution in [3.8, 4) is 33.9 Å². The van der Waals surface area contributed by atoms with Crippen molar-refractivity contribution in [3.63, 3.8) is 0 Å². The lowest BCUT2D eigenvalue weighted by Gasteiger charge is -2.15. The summed E-state index contributed by atoms with van der Waals surface area (Å²) >= 11 is 0. The van der Waals surface area contributed by atoms with E-state index < -0.39 is 5.97 Å². The molecule has 1 aliphatic carbocycles. The molecule has 0 fully saturated rings. The van der Waals surface area contributed by atoms with Crippen LogP contribution < -0.4 is 15.2 Å². The van der Waals surface area contributed by atoms with Gasteiger partial charge in [0.2, 0.25) is 6.79 Å². The summed E-state index contributed by atoms with van der Waals surface area (Å²) in [4.78, 5) is 30.4. The zero-order chi connectivity index (χ0) is 20.1. The molecule has 7 nitrogen and oxygen atoms in total. The lowest BCUT2D eigenvalue weighted by Crippen LogP contribution is -2.14. The normalized spacial score (nSPS) is 13.2. The van der Waals surface area contributed by atoms with E-state index in [0.717, 1.165) is 0 Å². The molecule has 2 aliphatic rings. The molecule has 0 spiro atoms. The van der Waals surface area contributed by atoms with E-state index in [9.17, 15) is 9.59 Å². The highest BCUT2D eigenvalue weighted by molar-refractivity contribution is 6.26. The van der Waals surface area contributed by atoms with E-state index in [4.69, 9.17) is 19.9 Å². The average Bonchev–Trinajstić information content (AvgIpc) is 3.30. The van der Waals surface area contributed by atoms with Crippen LogP contribution >= 0.6 is 0 Å². The minimum Gasteiger partial charge on any atom is -0.462 e. The molecule has 0 bridgehead atoms. The topological polar surface area (TPSA) is 101 Å². The van der Waals surface area contributed by atoms with Crippen LogP contribution in [-0.2, 0) is 4.74 Å². The Bertz CT molecular complexity index is 1200. The molecular weight excluding hydrogens is 372 g/mol. The first-order valence-corrected chi connectivity index (χ1v) is 9.15. The fraction of sp³-hybridized carbons (Fsp3) is 0.136. The number of benzene rings is 2. The highest BCUT2D eigenvalue weighted by atomic mass is 16.7. The average molecular weight is 388 g/mol. The van der Waals surface area contributed by atoms with Gasteiger partial charge in [0.05, 0.1) is 17.9 Å². The first kappa shape index (κ1) is 17.2. The predicted molar refractivity (Wildman–Crippen MR) is 105 cm³/mol. The highest BCUT2D eigenvalue weighted by Crippen LogP contribution is 2.45. The summed E-state index contributed by atoms with van der Waals surface area (Å²) in [6.45, 7) is 1.99. The Labute approximate surface area is 166 Å². The van der Waals surface area contributed by atoms with Crippen LogP contribution in [0.5, 0.6) is 11.5 Å². The largest absolute Gasteiger partial charge is 0.462 e. The van der Waals surface area contributed by atoms with Crippen molar-refractivity contribution in [1.29, 1.82) is 0 Å². The van der Waals surface area contributed by atoms with E-state index in [-0.39, 0.29) is 30.6 Å². The Morgan fingerprint density at radius 2 is 1.86 bits per heavy atom. The van der Waals surface area contributed by atoms with Crippen molar-refractivity contribution >= 4 is 17.6 Å². The zero-order valence-corrected chi connectivity index (χ0v) is 15.5. The molecule has 3 aromatic rings. The van der Waals surface area contributed by atoms with Gasteiger partial charge in [-0.1, -0.05) is 30.3 Å². The molecule has 5 rings (SSSR count). The number of carbonyl (C=O) groups is 2. The fourth-order valence-corrected chi connectivity index (χ4v) is 3.79. The number of ketones is 1. The number of esters is 1. The standard InChI is InChI=1S/C22H16N2O5/c1-2-27-22(26)18-16(11-7-8-14-15(9-11)29-10-28-14)17-19(24-21(18)23)12-5-3-4-6-13(12)20(17)25/h3-9H,2,10H2,1H3,(H2,23,24). The summed E-state index contributed by atoms with van der Waals surface area (Å²) in [5, 5.41) is 0. The molecule has 0 saturated heterocycles. The van der Waals surface area contributed by atoms with E-state index >= 15 is 0 Å². The number of aromatic nitrogens is 1. The van der Waals surface area contributed by atoms with Gasteiger partial charge in [-0.3, -0.25) is 4.79 Å². The molecule has 0 saturated carbocycles. The molecule has 1 aliphatic heterocycles. The first-order valence-electron chi connectivity index (χ1n) is 9.15. The van der Waals surface area contributed by atoms with Gasteiger partial charge in [-0.25, -0.2) is 9.78 Å². The van der Waals surface area contributed by atoms with Crippen LogP contribution in [0.2, 0.25) is 0 Å². The molecule has 1 aromatic heterocycles. The number of nitrogen functional groups attached to an aromatic ring is 1. The SMILES string of the molecule is CCOC(=O)c1c(N)nc2c(c1-c1ccc3c(c1)OCO3)C(=O)c1ccccc1-2. The summed E-state index contributed by atoms with van der Waals surface area (Å²) in [7, 11) is 0. The number of ether oxygens (including phenoxy) is 3. The van der Waals surface area contributed by atoms with Crippen LogP contribution in [0.25, 0.3) is 22.4 Å². The monoisotopic (exact) mass is 388 g/mol. The Balaban J connectivity index is 1.83. The number of anilines is 1. The molecule has 2 aromatic carbocycles. The molecule has 2 N–H and O–H groups in total. The molecule has 144 valence electrons. The maximum Gasteiger partial charge on any atom is 0.342 e. The number of carbonyl (C=O) groups excluding carboxylic acids is 2. The Morgan fingerprint density at radius 1 is 1.10 bits per heavy atom. The summed E-state index contributed by atoms with van der Waals surface area (Å²) in [6, 6.07) is 12.4. The van der Waals surface area contributed by atoms with E-state index in [1.54, 1.807) is 37.3 Å². The minimum absolute atomic E-state index is 0.0133. The van der Waals surface area contributed by atoms with Crippen LogP contribution in [0.15, 0.2) is 42.5 Å². The van der Waals surface area contributed by atoms with Crippen LogP contribution in [0.3, 0.4) is 0 Å². The predicted octanol–water partition coefficient (Wildman–Crippen LogP) is 3.45. The van der Waals surface area contributed by atoms with Crippen molar-refractivity contribution in [2.75, 3.05) is 19.1 Å². The second-order valence-corrected chi connectivity index (χ2v) is 6.63. The first-order chi connectivity index (χ1) is 14.1. The molecule has 0 radical (unpaired) electrons. The van der Waals surface area contributed by atoms with Gasteiger partial charge in [0.15, 0.2) is 17.3 Å². The minimum atomic E-state index is -0.628. The molecule has 0 unspecified atom stereocenters. The third-order valence-electron chi connectivity index (χ3n) is 5.02. The second kappa shape index (κ2) is 6.34. The molecule has 7 heteroatoms. The van der Waals surface area contributed by atoms with E-state index in [1.807, 2.05) is 12.1 Å². The van der Waals surface area contributed by atoms with Crippen molar-refractivity contribution in [3.05, 3.63) is 59.2 Å². The Hall–Kier alpha value is -3.87. The molecular formula is C22H16N2O5. The summed E-state index contributed by atoms with van der Waals surface area (Å²) in [6.07, 6.45) is 0. The summed E-state index contributed by atoms with van der Waals surface area (Å²) in [5.74, 6) is 0.307. The smallest absolute Gasteiger partial charge is 0.342 e. The third kappa shape index (κ3) is 2.47. The Kier molecular flexibility index (Phi) is 3.77. The highest BCUT2D eigenvalue weighted by Gasteiger charge is 2.36. The molecule has 0 atom stereocenters. The van der Waals surface area contributed by atoms with Gasteiger partial charge in [0.25, 0.3) is 0 Å². The summed E-state index contributed by atoms with van der Waals surface area (Å²) < 4.78 is 16.1. The van der Waals surface area contributed by atoms with Gasteiger partial charge in [0.1, 0.15) is 11.4 Å². The summed E-state index contributed by atoms with van der Waals surface area (Å²) in [5.41, 5.74) is 9.28. The Morgan fingerprint density at radius 3 is 2.66 bits per heavy atom. The fourth-order valence-electron chi connectivity index (χ4n) is 3.79. The van der Waals surface area contributed by atoms with Crippen LogP contribution in [0.1, 0.15) is 33.2 Å². The van der Waals surface area contributed by atoms with E-state index in [2.05, 4.69) is 4.98 Å². The van der Waals surface area contributed by atoms with Crippen LogP contribution in [0.4, 0.5) is 5.82 Å². The quantitative estimate of drug-likeness (QED) is 0.537. The number of fused-ring (bicyclic) bond motifs is 4. The molecule has 2 heterocycles. The van der Waals surface area contributed by atoms with Gasteiger partial charge in [-0.15, -0.1) is 0 Å². The third-order valence-corrected chi connectivity index (χ3v) is 5.02. The second-order valence-electron chi connectivity index (χ2n) is 6.63. The van der Waals surface area contributed by atoms with E-state index in [1.165, 1.54) is 0 Å². The number of rotatable bonds is 3. The van der Waals surface area contributed by atoms with Gasteiger partial charge in [0, 0.05) is 16.7 Å². The van der Waals surface area contributed by atoms with Crippen molar-refractivity contribution < 1.29 is 23.8 Å². The lowest BCUT2D eigenvalue weighted by atomic mass is 9.92. The number of hydrogen-bond acceptors (Lipinski definition) is 7. The van der Waals surface area contributed by atoms with Crippen molar-refractivity contribution in [2.24, 2.45) is 0 Å². The van der Waals surface area contributed by atoms with Gasteiger partial charge < -0.3 is 19.9 Å². The maximum atomic E-state index is 13.3. The maximum absolute atomic E-state index is 13.3. The zero-order valence-electron chi connectivity index (χ0n) is 15.5. The van der Waals surface area contributed by atoms with Crippen molar-refractivity contribution in [2.45, 2.75) is 6.92 Å². The van der Waals surface area contributed by atoms with Crippen LogP contribution in [-0.4, -0.2) is 30.1 Å². The van der Waals surface area contributed by atoms with Gasteiger partial charge in [-0.05, 0) is 24.6 Å².